The van der Waals surface area contributed by atoms with Gasteiger partial charge in [-0.25, -0.2) is 14.4 Å². The van der Waals surface area contributed by atoms with Gasteiger partial charge in [0.15, 0.2) is 11.5 Å². The Balaban J connectivity index is 1.39. The Kier molecular flexibility index (Phi) is 5.86. The molecule has 194 valence electrons. The third-order valence-electron chi connectivity index (χ3n) is 6.23. The van der Waals surface area contributed by atoms with E-state index in [0.717, 1.165) is 16.8 Å². The highest BCUT2D eigenvalue weighted by molar-refractivity contribution is 5.97. The zero-order valence-electron chi connectivity index (χ0n) is 21.6. The number of benzene rings is 1. The molecule has 5 aromatic heterocycles. The number of amides is 1. The highest BCUT2D eigenvalue weighted by Gasteiger charge is 2.19. The molecule has 0 spiro atoms. The second-order valence-corrected chi connectivity index (χ2v) is 10.6. The molecule has 39 heavy (non-hydrogen) atoms. The molecular weight excluding hydrogens is 495 g/mol. The molecule has 0 radical (unpaired) electrons. The van der Waals surface area contributed by atoms with Gasteiger partial charge < -0.3 is 10.3 Å². The van der Waals surface area contributed by atoms with E-state index < -0.39 is 5.82 Å². The van der Waals surface area contributed by atoms with Crippen molar-refractivity contribution in [3.63, 3.8) is 0 Å². The van der Waals surface area contributed by atoms with Crippen LogP contribution in [0.2, 0.25) is 0 Å². The standard InChI is InChI=1S/C29H25FN8O/c1-29(2,3)13-24(39)34-17-10-16(14-31-15-17)19-11-20-23(12-21(19)30)37-38-26(20)28-35-25-18(7-9-33-27(25)36-28)22-6-4-5-8-32-22/h4-12,14-15H,13H2,1-3H3,(H,34,39)(H,37,38)(H,33,35,36). The fourth-order valence-electron chi connectivity index (χ4n) is 4.54. The molecule has 0 saturated heterocycles. The van der Waals surface area contributed by atoms with Gasteiger partial charge in [-0.1, -0.05) is 26.8 Å². The van der Waals surface area contributed by atoms with E-state index in [9.17, 15) is 4.79 Å². The molecule has 6 rings (SSSR count). The first-order valence-electron chi connectivity index (χ1n) is 12.4. The normalized spacial score (nSPS) is 11.8. The Morgan fingerprint density at radius 1 is 1.03 bits per heavy atom. The minimum absolute atomic E-state index is 0.127. The molecule has 0 aliphatic carbocycles. The van der Waals surface area contributed by atoms with Gasteiger partial charge in [0.2, 0.25) is 5.91 Å². The van der Waals surface area contributed by atoms with E-state index in [0.29, 0.717) is 51.3 Å². The number of aromatic nitrogens is 7. The largest absolute Gasteiger partial charge is 0.335 e. The van der Waals surface area contributed by atoms with E-state index in [1.54, 1.807) is 36.9 Å². The lowest BCUT2D eigenvalue weighted by Crippen LogP contribution is -2.19. The molecule has 0 aliphatic heterocycles. The third kappa shape index (κ3) is 4.84. The fourth-order valence-corrected chi connectivity index (χ4v) is 4.54. The number of hydrogen-bond donors (Lipinski definition) is 3. The maximum atomic E-state index is 15.2. The van der Waals surface area contributed by atoms with Crippen LogP contribution in [0, 0.1) is 11.2 Å². The summed E-state index contributed by atoms with van der Waals surface area (Å²) in [6, 6.07) is 12.4. The molecule has 0 unspecified atom stereocenters. The van der Waals surface area contributed by atoms with E-state index in [1.165, 1.54) is 6.07 Å². The van der Waals surface area contributed by atoms with Crippen LogP contribution in [-0.4, -0.2) is 41.0 Å². The van der Waals surface area contributed by atoms with Crippen molar-refractivity contribution < 1.29 is 9.18 Å². The van der Waals surface area contributed by atoms with Crippen molar-refractivity contribution >= 4 is 33.7 Å². The number of carbonyl (C=O) groups excluding carboxylic acids is 1. The molecule has 5 heterocycles. The zero-order valence-corrected chi connectivity index (χ0v) is 21.6. The number of hydrogen-bond acceptors (Lipinski definition) is 6. The summed E-state index contributed by atoms with van der Waals surface area (Å²) in [6.45, 7) is 5.98. The van der Waals surface area contributed by atoms with Gasteiger partial charge in [-0.05, 0) is 35.7 Å². The van der Waals surface area contributed by atoms with Crippen molar-refractivity contribution in [2.24, 2.45) is 5.41 Å². The van der Waals surface area contributed by atoms with Crippen LogP contribution in [0.5, 0.6) is 0 Å². The Morgan fingerprint density at radius 2 is 1.90 bits per heavy atom. The maximum Gasteiger partial charge on any atom is 0.224 e. The Labute approximate surface area is 223 Å². The molecule has 0 fully saturated rings. The first-order chi connectivity index (χ1) is 18.7. The van der Waals surface area contributed by atoms with Gasteiger partial charge in [-0.3, -0.25) is 19.9 Å². The molecule has 0 bridgehead atoms. The first-order valence-corrected chi connectivity index (χ1v) is 12.4. The second-order valence-electron chi connectivity index (χ2n) is 10.6. The zero-order chi connectivity index (χ0) is 27.1. The van der Waals surface area contributed by atoms with Gasteiger partial charge in [-0.2, -0.15) is 5.10 Å². The Bertz CT molecular complexity index is 1840. The highest BCUT2D eigenvalue weighted by Crippen LogP contribution is 2.34. The predicted octanol–water partition coefficient (Wildman–Crippen LogP) is 6.14. The van der Waals surface area contributed by atoms with Crippen molar-refractivity contribution in [3.05, 3.63) is 73.1 Å². The number of nitrogens with zero attached hydrogens (tertiary/aromatic N) is 5. The topological polar surface area (TPSA) is 125 Å². The van der Waals surface area contributed by atoms with Crippen LogP contribution < -0.4 is 5.32 Å². The highest BCUT2D eigenvalue weighted by atomic mass is 19.1. The molecule has 0 aliphatic rings. The van der Waals surface area contributed by atoms with E-state index in [1.807, 2.05) is 45.0 Å². The maximum absolute atomic E-state index is 15.2. The third-order valence-corrected chi connectivity index (χ3v) is 6.23. The monoisotopic (exact) mass is 520 g/mol. The Morgan fingerprint density at radius 3 is 2.69 bits per heavy atom. The summed E-state index contributed by atoms with van der Waals surface area (Å²) in [4.78, 5) is 33.5. The van der Waals surface area contributed by atoms with Crippen LogP contribution >= 0.6 is 0 Å². The van der Waals surface area contributed by atoms with Crippen molar-refractivity contribution in [1.82, 2.24) is 35.1 Å². The number of aromatic amines is 2. The Hall–Kier alpha value is -4.99. The summed E-state index contributed by atoms with van der Waals surface area (Å²) in [5, 5.41) is 10.9. The van der Waals surface area contributed by atoms with Crippen molar-refractivity contribution in [1.29, 1.82) is 0 Å². The fraction of sp³-hybridized carbons (Fsp3) is 0.172. The lowest BCUT2D eigenvalue weighted by atomic mass is 9.92. The molecule has 10 heteroatoms. The van der Waals surface area contributed by atoms with E-state index in [-0.39, 0.29) is 11.3 Å². The van der Waals surface area contributed by atoms with E-state index in [4.69, 9.17) is 0 Å². The average molecular weight is 521 g/mol. The molecule has 0 saturated carbocycles. The molecule has 3 N–H and O–H groups in total. The van der Waals surface area contributed by atoms with Crippen LogP contribution in [0.25, 0.3) is 56.0 Å². The van der Waals surface area contributed by atoms with E-state index >= 15 is 4.39 Å². The van der Waals surface area contributed by atoms with Gasteiger partial charge in [0.25, 0.3) is 0 Å². The SMILES string of the molecule is CC(C)(C)CC(=O)Nc1cncc(-c2cc3c(-c4nc5nccc(-c6ccccn6)c5[nH]4)n[nH]c3cc2F)c1. The second kappa shape index (κ2) is 9.39. The first kappa shape index (κ1) is 24.4. The van der Waals surface area contributed by atoms with Crippen LogP contribution in [-0.2, 0) is 4.79 Å². The van der Waals surface area contributed by atoms with Gasteiger partial charge >= 0.3 is 0 Å². The molecule has 9 nitrogen and oxygen atoms in total. The summed E-state index contributed by atoms with van der Waals surface area (Å²) in [7, 11) is 0. The number of H-pyrrole nitrogens is 2. The summed E-state index contributed by atoms with van der Waals surface area (Å²) in [5.41, 5.74) is 5.15. The minimum Gasteiger partial charge on any atom is -0.335 e. The number of imidazole rings is 1. The minimum atomic E-state index is -0.443. The quantitative estimate of drug-likeness (QED) is 0.251. The number of halogens is 1. The van der Waals surface area contributed by atoms with Crippen molar-refractivity contribution in [2.45, 2.75) is 27.2 Å². The van der Waals surface area contributed by atoms with Crippen molar-refractivity contribution in [2.75, 3.05) is 5.32 Å². The lowest BCUT2D eigenvalue weighted by Gasteiger charge is -2.17. The molecule has 1 aromatic carbocycles. The van der Waals surface area contributed by atoms with Crippen LogP contribution in [0.3, 0.4) is 0 Å². The number of nitrogens with one attached hydrogen (secondary N) is 3. The molecule has 6 aromatic rings. The van der Waals surface area contributed by atoms with Crippen molar-refractivity contribution in [3.8, 4) is 33.9 Å². The summed E-state index contributed by atoms with van der Waals surface area (Å²) < 4.78 is 15.2. The number of pyridine rings is 3. The van der Waals surface area contributed by atoms with E-state index in [2.05, 4.69) is 40.4 Å². The summed E-state index contributed by atoms with van der Waals surface area (Å²) in [6.07, 6.45) is 6.88. The van der Waals surface area contributed by atoms with Crippen LogP contribution in [0.1, 0.15) is 27.2 Å². The van der Waals surface area contributed by atoms with Crippen LogP contribution in [0.4, 0.5) is 10.1 Å². The number of fused-ring (bicyclic) bond motifs is 2. The van der Waals surface area contributed by atoms with Crippen LogP contribution in [0.15, 0.2) is 67.3 Å². The number of carbonyl (C=O) groups is 1. The smallest absolute Gasteiger partial charge is 0.224 e. The predicted molar refractivity (Wildman–Crippen MR) is 148 cm³/mol. The summed E-state index contributed by atoms with van der Waals surface area (Å²) >= 11 is 0. The number of rotatable bonds is 5. The van der Waals surface area contributed by atoms with Gasteiger partial charge in [0.1, 0.15) is 11.5 Å². The molecule has 0 atom stereocenters. The molecular formula is C29H25FN8O. The molecule has 1 amide bonds. The van der Waals surface area contributed by atoms with Gasteiger partial charge in [0.05, 0.1) is 28.6 Å². The number of anilines is 1. The lowest BCUT2D eigenvalue weighted by molar-refractivity contribution is -0.117. The van der Waals surface area contributed by atoms with Gasteiger partial charge in [0, 0.05) is 53.2 Å². The average Bonchev–Trinajstić information content (AvgIpc) is 3.51. The summed E-state index contributed by atoms with van der Waals surface area (Å²) in [5.74, 6) is -0.0783. The van der Waals surface area contributed by atoms with Gasteiger partial charge in [-0.15, -0.1) is 0 Å².